The van der Waals surface area contributed by atoms with Crippen molar-refractivity contribution < 1.29 is 8.78 Å². The average molecular weight is 327 g/mol. The molecular formula is C17H15F2N5. The number of benzene rings is 1. The molecule has 0 amide bonds. The van der Waals surface area contributed by atoms with Gasteiger partial charge in [0.05, 0.1) is 6.54 Å². The zero-order chi connectivity index (χ0) is 16.5. The fraction of sp³-hybridized carbons (Fsp3) is 0.235. The molecular weight excluding hydrogens is 312 g/mol. The highest BCUT2D eigenvalue weighted by Gasteiger charge is 2.23. The molecule has 4 rings (SSSR count). The molecule has 0 spiro atoms. The quantitative estimate of drug-likeness (QED) is 0.742. The first-order chi connectivity index (χ1) is 11.7. The smallest absolute Gasteiger partial charge is 0.182 e. The van der Waals surface area contributed by atoms with Crippen LogP contribution in [0.3, 0.4) is 0 Å². The van der Waals surface area contributed by atoms with Crippen LogP contribution in [-0.2, 0) is 19.6 Å². The lowest BCUT2D eigenvalue weighted by Crippen LogP contribution is -2.34. The predicted octanol–water partition coefficient (Wildman–Crippen LogP) is 2.63. The summed E-state index contributed by atoms with van der Waals surface area (Å²) in [7, 11) is 0. The normalized spacial score (nSPS) is 14.6. The minimum Gasteiger partial charge on any atom is -0.307 e. The van der Waals surface area contributed by atoms with Gasteiger partial charge >= 0.3 is 0 Å². The molecule has 5 nitrogen and oxygen atoms in total. The molecule has 1 aliphatic heterocycles. The largest absolute Gasteiger partial charge is 0.307 e. The van der Waals surface area contributed by atoms with Gasteiger partial charge in [0.2, 0.25) is 0 Å². The van der Waals surface area contributed by atoms with Crippen LogP contribution in [0.2, 0.25) is 0 Å². The van der Waals surface area contributed by atoms with Gasteiger partial charge in [-0.3, -0.25) is 9.88 Å². The standard InChI is InChI=1S/C17H15F2N5/c18-13-5-3-4-12(16(13)19)10-23-8-9-24-15(11-23)21-22-17(24)14-6-1-2-7-20-14/h1-7H,8-11H2. The van der Waals surface area contributed by atoms with Crippen molar-refractivity contribution in [3.05, 3.63) is 65.6 Å². The number of nitrogens with zero attached hydrogens (tertiary/aromatic N) is 5. The number of hydrogen-bond donors (Lipinski definition) is 0. The molecule has 0 aliphatic carbocycles. The first kappa shape index (κ1) is 14.9. The van der Waals surface area contributed by atoms with Crippen molar-refractivity contribution in [3.63, 3.8) is 0 Å². The average Bonchev–Trinajstić information content (AvgIpc) is 3.03. The third kappa shape index (κ3) is 2.67. The van der Waals surface area contributed by atoms with Crippen LogP contribution < -0.4 is 0 Å². The Kier molecular flexibility index (Phi) is 3.78. The van der Waals surface area contributed by atoms with Gasteiger partial charge in [0, 0.05) is 31.4 Å². The Morgan fingerprint density at radius 1 is 1.00 bits per heavy atom. The molecule has 0 atom stereocenters. The first-order valence-electron chi connectivity index (χ1n) is 7.71. The van der Waals surface area contributed by atoms with Gasteiger partial charge in [0.15, 0.2) is 17.5 Å². The molecule has 0 saturated carbocycles. The van der Waals surface area contributed by atoms with Crippen molar-refractivity contribution in [2.45, 2.75) is 19.6 Å². The van der Waals surface area contributed by atoms with Crippen LogP contribution in [0.5, 0.6) is 0 Å². The zero-order valence-corrected chi connectivity index (χ0v) is 12.9. The fourth-order valence-corrected chi connectivity index (χ4v) is 2.94. The summed E-state index contributed by atoms with van der Waals surface area (Å²) in [6.07, 6.45) is 1.72. The minimum atomic E-state index is -0.815. The van der Waals surface area contributed by atoms with E-state index in [0.29, 0.717) is 31.7 Å². The fourth-order valence-electron chi connectivity index (χ4n) is 2.94. The molecule has 0 N–H and O–H groups in total. The third-order valence-electron chi connectivity index (χ3n) is 4.15. The van der Waals surface area contributed by atoms with E-state index in [1.165, 1.54) is 6.07 Å². The molecule has 24 heavy (non-hydrogen) atoms. The number of fused-ring (bicyclic) bond motifs is 1. The Balaban J connectivity index is 1.55. The maximum absolute atomic E-state index is 13.8. The predicted molar refractivity (Wildman–Crippen MR) is 83.7 cm³/mol. The molecule has 1 aromatic carbocycles. The van der Waals surface area contributed by atoms with Crippen molar-refractivity contribution in [2.24, 2.45) is 0 Å². The molecule has 122 valence electrons. The second-order valence-electron chi connectivity index (χ2n) is 5.73. The van der Waals surface area contributed by atoms with E-state index in [1.807, 2.05) is 27.7 Å². The topological polar surface area (TPSA) is 46.8 Å². The van der Waals surface area contributed by atoms with E-state index >= 15 is 0 Å². The van der Waals surface area contributed by atoms with Crippen LogP contribution in [0.1, 0.15) is 11.4 Å². The molecule has 0 saturated heterocycles. The van der Waals surface area contributed by atoms with Gasteiger partial charge in [-0.1, -0.05) is 18.2 Å². The summed E-state index contributed by atoms with van der Waals surface area (Å²) in [5.74, 6) is -0.0512. The number of rotatable bonds is 3. The molecule has 0 fully saturated rings. The highest BCUT2D eigenvalue weighted by molar-refractivity contribution is 5.49. The lowest BCUT2D eigenvalue weighted by molar-refractivity contribution is 0.206. The van der Waals surface area contributed by atoms with Gasteiger partial charge in [-0.25, -0.2) is 8.78 Å². The molecule has 0 bridgehead atoms. The second kappa shape index (κ2) is 6.09. The Hall–Kier alpha value is -2.67. The van der Waals surface area contributed by atoms with Crippen LogP contribution in [0.25, 0.3) is 11.5 Å². The van der Waals surface area contributed by atoms with Gasteiger partial charge in [-0.2, -0.15) is 0 Å². The Labute approximate surface area is 137 Å². The van der Waals surface area contributed by atoms with Gasteiger partial charge in [-0.15, -0.1) is 10.2 Å². The highest BCUT2D eigenvalue weighted by atomic mass is 19.2. The molecule has 3 heterocycles. The molecule has 0 unspecified atom stereocenters. The van der Waals surface area contributed by atoms with Crippen LogP contribution in [0, 0.1) is 11.6 Å². The lowest BCUT2D eigenvalue weighted by Gasteiger charge is -2.27. The van der Waals surface area contributed by atoms with Crippen LogP contribution in [0.15, 0.2) is 42.6 Å². The van der Waals surface area contributed by atoms with E-state index in [4.69, 9.17) is 0 Å². The van der Waals surface area contributed by atoms with E-state index < -0.39 is 11.6 Å². The number of hydrogen-bond acceptors (Lipinski definition) is 4. The summed E-state index contributed by atoms with van der Waals surface area (Å²) < 4.78 is 29.2. The number of aromatic nitrogens is 4. The summed E-state index contributed by atoms with van der Waals surface area (Å²) in [5, 5.41) is 8.46. The van der Waals surface area contributed by atoms with Crippen LogP contribution in [-0.4, -0.2) is 31.2 Å². The van der Waals surface area contributed by atoms with Crippen molar-refractivity contribution in [1.29, 1.82) is 0 Å². The van der Waals surface area contributed by atoms with E-state index in [0.717, 1.165) is 23.4 Å². The monoisotopic (exact) mass is 327 g/mol. The first-order valence-corrected chi connectivity index (χ1v) is 7.71. The number of halogens is 2. The Morgan fingerprint density at radius 3 is 2.75 bits per heavy atom. The minimum absolute atomic E-state index is 0.343. The summed E-state index contributed by atoms with van der Waals surface area (Å²) in [5.41, 5.74) is 1.13. The molecule has 7 heteroatoms. The van der Waals surface area contributed by atoms with Gasteiger partial charge in [-0.05, 0) is 18.2 Å². The summed E-state index contributed by atoms with van der Waals surface area (Å²) >= 11 is 0. The van der Waals surface area contributed by atoms with E-state index in [-0.39, 0.29) is 0 Å². The van der Waals surface area contributed by atoms with Gasteiger partial charge in [0.25, 0.3) is 0 Å². The van der Waals surface area contributed by atoms with Crippen molar-refractivity contribution in [1.82, 2.24) is 24.6 Å². The van der Waals surface area contributed by atoms with Crippen molar-refractivity contribution in [3.8, 4) is 11.5 Å². The van der Waals surface area contributed by atoms with Gasteiger partial charge in [0.1, 0.15) is 11.5 Å². The Bertz CT molecular complexity index is 863. The molecule has 1 aliphatic rings. The van der Waals surface area contributed by atoms with E-state index in [9.17, 15) is 8.78 Å². The van der Waals surface area contributed by atoms with Gasteiger partial charge < -0.3 is 4.57 Å². The molecule has 2 aromatic heterocycles. The second-order valence-corrected chi connectivity index (χ2v) is 5.73. The molecule has 0 radical (unpaired) electrons. The van der Waals surface area contributed by atoms with E-state index in [1.54, 1.807) is 12.3 Å². The van der Waals surface area contributed by atoms with Crippen LogP contribution >= 0.6 is 0 Å². The number of pyridine rings is 1. The molecule has 3 aromatic rings. The summed E-state index contributed by atoms with van der Waals surface area (Å²) in [4.78, 5) is 6.34. The highest BCUT2D eigenvalue weighted by Crippen LogP contribution is 2.22. The van der Waals surface area contributed by atoms with Crippen LogP contribution in [0.4, 0.5) is 8.78 Å². The van der Waals surface area contributed by atoms with Crippen molar-refractivity contribution in [2.75, 3.05) is 6.54 Å². The maximum Gasteiger partial charge on any atom is 0.182 e. The van der Waals surface area contributed by atoms with Crippen molar-refractivity contribution >= 4 is 0 Å². The third-order valence-corrected chi connectivity index (χ3v) is 4.15. The van der Waals surface area contributed by atoms with E-state index in [2.05, 4.69) is 15.2 Å². The summed E-state index contributed by atoms with van der Waals surface area (Å²) in [6.45, 7) is 2.27. The Morgan fingerprint density at radius 2 is 1.92 bits per heavy atom. The summed E-state index contributed by atoms with van der Waals surface area (Å²) in [6, 6.07) is 9.92. The zero-order valence-electron chi connectivity index (χ0n) is 12.9. The maximum atomic E-state index is 13.8. The lowest BCUT2D eigenvalue weighted by atomic mass is 10.2. The SMILES string of the molecule is Fc1cccc(CN2CCn3c(nnc3-c3ccccn3)C2)c1F.